The highest BCUT2D eigenvalue weighted by atomic mass is 15.1. The summed E-state index contributed by atoms with van der Waals surface area (Å²) in [4.78, 5) is 9.98. The zero-order chi connectivity index (χ0) is 12.3. The summed E-state index contributed by atoms with van der Waals surface area (Å²) in [5.41, 5.74) is 3.29. The molecule has 2 rings (SSSR count). The maximum Gasteiger partial charge on any atom is 0.106 e. The van der Waals surface area contributed by atoms with E-state index in [1.165, 1.54) is 0 Å². The van der Waals surface area contributed by atoms with E-state index < -0.39 is 0 Å². The number of H-pyrrole nitrogens is 1. The number of benzene rings is 1. The molecule has 0 atom stereocenters. The highest BCUT2D eigenvalue weighted by Gasteiger charge is 2.01. The fraction of sp³-hybridized carbons (Fsp3) is 0.462. The van der Waals surface area contributed by atoms with Gasteiger partial charge in [-0.05, 0) is 32.3 Å². The van der Waals surface area contributed by atoms with Crippen molar-refractivity contribution in [3.05, 3.63) is 24.0 Å². The van der Waals surface area contributed by atoms with Crippen molar-refractivity contribution in [2.45, 2.75) is 13.3 Å². The van der Waals surface area contributed by atoms with E-state index in [0.717, 1.165) is 42.1 Å². The van der Waals surface area contributed by atoms with E-state index in [0.29, 0.717) is 0 Å². The summed E-state index contributed by atoms with van der Waals surface area (Å²) >= 11 is 0. The van der Waals surface area contributed by atoms with Gasteiger partial charge in [-0.3, -0.25) is 0 Å². The topological polar surface area (TPSA) is 44.0 Å². The lowest BCUT2D eigenvalue weighted by molar-refractivity contribution is 0.425. The molecule has 0 amide bonds. The van der Waals surface area contributed by atoms with Crippen LogP contribution in [-0.2, 0) is 6.42 Å². The summed E-state index contributed by atoms with van der Waals surface area (Å²) in [5.74, 6) is 1.05. The number of fused-ring (bicyclic) bond motifs is 1. The van der Waals surface area contributed by atoms with E-state index >= 15 is 0 Å². The highest BCUT2D eigenvalue weighted by Crippen LogP contribution is 2.17. The third-order valence-corrected chi connectivity index (χ3v) is 2.75. The summed E-state index contributed by atoms with van der Waals surface area (Å²) in [7, 11) is 4.15. The molecule has 92 valence electrons. The van der Waals surface area contributed by atoms with Gasteiger partial charge >= 0.3 is 0 Å². The number of nitrogens with one attached hydrogen (secondary N) is 2. The average molecular weight is 232 g/mol. The van der Waals surface area contributed by atoms with Crippen LogP contribution in [0.2, 0.25) is 0 Å². The van der Waals surface area contributed by atoms with Gasteiger partial charge < -0.3 is 15.2 Å². The summed E-state index contributed by atoms with van der Waals surface area (Å²) in [5, 5.41) is 3.41. The van der Waals surface area contributed by atoms with Gasteiger partial charge in [0.15, 0.2) is 0 Å². The quantitative estimate of drug-likeness (QED) is 0.829. The van der Waals surface area contributed by atoms with Gasteiger partial charge in [-0.1, -0.05) is 6.92 Å². The molecule has 2 N–H and O–H groups in total. The summed E-state index contributed by atoms with van der Waals surface area (Å²) in [6, 6.07) is 6.26. The Morgan fingerprint density at radius 2 is 2.18 bits per heavy atom. The molecule has 4 nitrogen and oxygen atoms in total. The van der Waals surface area contributed by atoms with Gasteiger partial charge in [0.25, 0.3) is 0 Å². The molecule has 0 aliphatic rings. The van der Waals surface area contributed by atoms with E-state index in [1.807, 2.05) is 0 Å². The van der Waals surface area contributed by atoms with Crippen molar-refractivity contribution in [1.29, 1.82) is 0 Å². The molecule has 0 saturated heterocycles. The first kappa shape index (κ1) is 11.9. The molecule has 0 bridgehead atoms. The van der Waals surface area contributed by atoms with Gasteiger partial charge in [0, 0.05) is 25.2 Å². The highest BCUT2D eigenvalue weighted by molar-refractivity contribution is 5.79. The number of aromatic amines is 1. The van der Waals surface area contributed by atoms with Crippen LogP contribution in [0.3, 0.4) is 0 Å². The second kappa shape index (κ2) is 5.19. The number of rotatable bonds is 5. The van der Waals surface area contributed by atoms with Crippen LogP contribution < -0.4 is 5.32 Å². The number of nitrogens with zero attached hydrogens (tertiary/aromatic N) is 2. The van der Waals surface area contributed by atoms with Gasteiger partial charge in [0.1, 0.15) is 5.82 Å². The molecule has 1 heterocycles. The molecule has 0 aliphatic heterocycles. The molecule has 0 unspecified atom stereocenters. The van der Waals surface area contributed by atoms with Gasteiger partial charge in [-0.2, -0.15) is 0 Å². The van der Waals surface area contributed by atoms with Crippen LogP contribution in [0.25, 0.3) is 11.0 Å². The van der Waals surface area contributed by atoms with Crippen molar-refractivity contribution in [1.82, 2.24) is 14.9 Å². The Hall–Kier alpha value is -1.55. The summed E-state index contributed by atoms with van der Waals surface area (Å²) in [6.07, 6.45) is 0.943. The van der Waals surface area contributed by atoms with Crippen molar-refractivity contribution < 1.29 is 0 Å². The van der Waals surface area contributed by atoms with Crippen LogP contribution in [0.15, 0.2) is 18.2 Å². The molecule has 17 heavy (non-hydrogen) atoms. The lowest BCUT2D eigenvalue weighted by atomic mass is 10.3. The standard InChI is InChI=1S/C13H20N4/c1-4-13-15-11-6-5-10(9-12(11)16-13)14-7-8-17(2)3/h5-6,9,14H,4,7-8H2,1-3H3,(H,15,16). The van der Waals surface area contributed by atoms with Crippen molar-refractivity contribution in [3.8, 4) is 0 Å². The Labute approximate surface area is 102 Å². The predicted octanol–water partition coefficient (Wildman–Crippen LogP) is 2.10. The first-order chi connectivity index (χ1) is 8.19. The van der Waals surface area contributed by atoms with Crippen LogP contribution in [0, 0.1) is 0 Å². The zero-order valence-electron chi connectivity index (χ0n) is 10.7. The number of aromatic nitrogens is 2. The summed E-state index contributed by atoms with van der Waals surface area (Å²) in [6.45, 7) is 4.09. The van der Waals surface area contributed by atoms with Gasteiger partial charge in [-0.25, -0.2) is 4.98 Å². The van der Waals surface area contributed by atoms with Crippen molar-refractivity contribution in [2.75, 3.05) is 32.5 Å². The van der Waals surface area contributed by atoms with E-state index in [-0.39, 0.29) is 0 Å². The minimum atomic E-state index is 0.943. The monoisotopic (exact) mass is 232 g/mol. The molecular weight excluding hydrogens is 212 g/mol. The van der Waals surface area contributed by atoms with Crippen molar-refractivity contribution in [2.24, 2.45) is 0 Å². The Kier molecular flexibility index (Phi) is 3.64. The van der Waals surface area contributed by atoms with Crippen LogP contribution in [0.5, 0.6) is 0 Å². The molecule has 2 aromatic rings. The van der Waals surface area contributed by atoms with Gasteiger partial charge in [-0.15, -0.1) is 0 Å². The SMILES string of the molecule is CCc1nc2ccc(NCCN(C)C)cc2[nH]1. The van der Waals surface area contributed by atoms with E-state index in [4.69, 9.17) is 0 Å². The second-order valence-corrected chi connectivity index (χ2v) is 4.50. The van der Waals surface area contributed by atoms with Crippen LogP contribution in [0.1, 0.15) is 12.7 Å². The minimum absolute atomic E-state index is 0.943. The van der Waals surface area contributed by atoms with Crippen LogP contribution in [0.4, 0.5) is 5.69 Å². The number of likely N-dealkylation sites (N-methyl/N-ethyl adjacent to an activating group) is 1. The number of hydrogen-bond acceptors (Lipinski definition) is 3. The minimum Gasteiger partial charge on any atom is -0.384 e. The van der Waals surface area contributed by atoms with E-state index in [9.17, 15) is 0 Å². The Morgan fingerprint density at radius 3 is 2.88 bits per heavy atom. The number of imidazole rings is 1. The summed E-state index contributed by atoms with van der Waals surface area (Å²) < 4.78 is 0. The molecule has 0 aliphatic carbocycles. The van der Waals surface area contributed by atoms with E-state index in [1.54, 1.807) is 0 Å². The maximum absolute atomic E-state index is 4.49. The number of aryl methyl sites for hydroxylation is 1. The first-order valence-corrected chi connectivity index (χ1v) is 6.06. The Balaban J connectivity index is 2.08. The largest absolute Gasteiger partial charge is 0.384 e. The van der Waals surface area contributed by atoms with Gasteiger partial charge in [0.2, 0.25) is 0 Å². The molecule has 1 aromatic heterocycles. The number of anilines is 1. The third kappa shape index (κ3) is 2.97. The Bertz CT molecular complexity index is 487. The first-order valence-electron chi connectivity index (χ1n) is 6.06. The molecular formula is C13H20N4. The Morgan fingerprint density at radius 1 is 1.35 bits per heavy atom. The molecule has 1 aromatic carbocycles. The third-order valence-electron chi connectivity index (χ3n) is 2.75. The van der Waals surface area contributed by atoms with Gasteiger partial charge in [0.05, 0.1) is 11.0 Å². The van der Waals surface area contributed by atoms with Crippen molar-refractivity contribution >= 4 is 16.7 Å². The lowest BCUT2D eigenvalue weighted by Gasteiger charge is -2.11. The van der Waals surface area contributed by atoms with Crippen molar-refractivity contribution in [3.63, 3.8) is 0 Å². The normalized spacial score (nSPS) is 11.3. The molecule has 4 heteroatoms. The van der Waals surface area contributed by atoms with E-state index in [2.05, 4.69) is 59.4 Å². The van der Waals surface area contributed by atoms with Crippen LogP contribution >= 0.6 is 0 Å². The number of hydrogen-bond donors (Lipinski definition) is 2. The smallest absolute Gasteiger partial charge is 0.106 e. The average Bonchev–Trinajstić information content (AvgIpc) is 2.70. The fourth-order valence-corrected chi connectivity index (χ4v) is 1.76. The molecule has 0 spiro atoms. The fourth-order valence-electron chi connectivity index (χ4n) is 1.76. The predicted molar refractivity (Wildman–Crippen MR) is 72.5 cm³/mol. The zero-order valence-corrected chi connectivity index (χ0v) is 10.7. The van der Waals surface area contributed by atoms with Crippen LogP contribution in [-0.4, -0.2) is 42.1 Å². The second-order valence-electron chi connectivity index (χ2n) is 4.50. The maximum atomic E-state index is 4.49. The molecule has 0 radical (unpaired) electrons. The molecule has 0 fully saturated rings. The molecule has 0 saturated carbocycles. The lowest BCUT2D eigenvalue weighted by Crippen LogP contribution is -2.20.